The topological polar surface area (TPSA) is 65.2 Å². The van der Waals surface area contributed by atoms with Crippen molar-refractivity contribution in [3.8, 4) is 11.5 Å². The van der Waals surface area contributed by atoms with Crippen LogP contribution in [0.5, 0.6) is 11.5 Å². The first kappa shape index (κ1) is 22.9. The predicted octanol–water partition coefficient (Wildman–Crippen LogP) is 6.40. The summed E-state index contributed by atoms with van der Waals surface area (Å²) in [6.45, 7) is 0. The highest BCUT2D eigenvalue weighted by Crippen LogP contribution is 2.36. The van der Waals surface area contributed by atoms with Crippen molar-refractivity contribution in [3.63, 3.8) is 0 Å². The molecule has 34 heavy (non-hydrogen) atoms. The van der Waals surface area contributed by atoms with Gasteiger partial charge in [-0.1, -0.05) is 48.5 Å². The number of rotatable bonds is 7. The second-order valence-corrected chi connectivity index (χ2v) is 7.67. The second-order valence-electron chi connectivity index (χ2n) is 7.67. The molecule has 4 aromatic carbocycles. The van der Waals surface area contributed by atoms with E-state index in [0.29, 0.717) is 22.3 Å². The molecule has 0 heterocycles. The van der Waals surface area contributed by atoms with Gasteiger partial charge in [0, 0.05) is 23.6 Å². The Bertz CT molecular complexity index is 1200. The zero-order valence-corrected chi connectivity index (χ0v) is 18.1. The average Bonchev–Trinajstić information content (AvgIpc) is 2.84. The number of phenolic OH excluding ortho intramolecular Hbond substituents is 2. The molecule has 0 amide bonds. The molecule has 4 rings (SSSR count). The predicted molar refractivity (Wildman–Crippen MR) is 130 cm³/mol. The summed E-state index contributed by atoms with van der Waals surface area (Å²) in [7, 11) is 0. The molecule has 0 aliphatic carbocycles. The van der Waals surface area contributed by atoms with Gasteiger partial charge in [0.1, 0.15) is 35.2 Å². The molecule has 0 spiro atoms. The van der Waals surface area contributed by atoms with Gasteiger partial charge in [-0.25, -0.2) is 8.78 Å². The Kier molecular flexibility index (Phi) is 7.08. The van der Waals surface area contributed by atoms with Crippen molar-refractivity contribution in [2.45, 2.75) is 12.1 Å². The Hall–Kier alpha value is -4.32. The number of phenols is 2. The summed E-state index contributed by atoms with van der Waals surface area (Å²) in [6.07, 6.45) is 3.07. The monoisotopic (exact) mass is 456 g/mol. The van der Waals surface area contributed by atoms with Crippen molar-refractivity contribution in [1.82, 2.24) is 0 Å². The molecule has 0 aromatic heterocycles. The van der Waals surface area contributed by atoms with E-state index in [-0.39, 0.29) is 23.1 Å². The highest BCUT2D eigenvalue weighted by molar-refractivity contribution is 5.84. The fourth-order valence-electron chi connectivity index (χ4n) is 3.53. The number of aromatic hydroxyl groups is 2. The molecule has 0 aliphatic heterocycles. The van der Waals surface area contributed by atoms with E-state index in [9.17, 15) is 19.0 Å². The van der Waals surface area contributed by atoms with E-state index in [1.807, 2.05) is 0 Å². The van der Waals surface area contributed by atoms with Crippen LogP contribution in [0.3, 0.4) is 0 Å². The van der Waals surface area contributed by atoms with Crippen molar-refractivity contribution in [2.24, 2.45) is 9.98 Å². The number of nitrogens with zero attached hydrogens (tertiary/aromatic N) is 2. The minimum Gasteiger partial charge on any atom is -0.507 e. The van der Waals surface area contributed by atoms with E-state index in [4.69, 9.17) is 9.98 Å². The Morgan fingerprint density at radius 1 is 0.529 bits per heavy atom. The molecule has 2 atom stereocenters. The molecule has 0 saturated carbocycles. The van der Waals surface area contributed by atoms with Gasteiger partial charge >= 0.3 is 0 Å². The summed E-state index contributed by atoms with van der Waals surface area (Å²) < 4.78 is 27.3. The van der Waals surface area contributed by atoms with Gasteiger partial charge in [0.05, 0.1) is 0 Å². The fraction of sp³-hybridized carbons (Fsp3) is 0.0714. The molecule has 0 saturated heterocycles. The zero-order valence-electron chi connectivity index (χ0n) is 18.1. The van der Waals surface area contributed by atoms with Crippen LogP contribution in [-0.4, -0.2) is 22.6 Å². The van der Waals surface area contributed by atoms with Crippen LogP contribution >= 0.6 is 0 Å². The molecule has 4 nitrogen and oxygen atoms in total. The van der Waals surface area contributed by atoms with Crippen molar-refractivity contribution in [1.29, 1.82) is 0 Å². The summed E-state index contributed by atoms with van der Waals surface area (Å²) in [4.78, 5) is 9.42. The minimum atomic E-state index is -0.632. The van der Waals surface area contributed by atoms with Crippen molar-refractivity contribution >= 4 is 12.4 Å². The third kappa shape index (κ3) is 5.53. The molecular formula is C28H22F2N2O2. The molecule has 4 aromatic rings. The average molecular weight is 456 g/mol. The number of benzene rings is 4. The lowest BCUT2D eigenvalue weighted by atomic mass is 9.94. The third-order valence-corrected chi connectivity index (χ3v) is 5.34. The van der Waals surface area contributed by atoms with Gasteiger partial charge in [-0.3, -0.25) is 9.98 Å². The normalized spacial score (nSPS) is 13.4. The lowest BCUT2D eigenvalue weighted by molar-refractivity contribution is 0.473. The zero-order chi connectivity index (χ0) is 23.9. The van der Waals surface area contributed by atoms with Gasteiger partial charge in [0.2, 0.25) is 0 Å². The lowest BCUT2D eigenvalue weighted by Gasteiger charge is -2.22. The van der Waals surface area contributed by atoms with Crippen LogP contribution in [-0.2, 0) is 0 Å². The Morgan fingerprint density at radius 2 is 0.882 bits per heavy atom. The van der Waals surface area contributed by atoms with Gasteiger partial charge in [-0.2, -0.15) is 0 Å². The fourth-order valence-corrected chi connectivity index (χ4v) is 3.53. The molecule has 170 valence electrons. The van der Waals surface area contributed by atoms with Crippen LogP contribution in [0.1, 0.15) is 34.3 Å². The first-order valence-electron chi connectivity index (χ1n) is 10.6. The molecule has 0 aliphatic rings. The maximum absolute atomic E-state index is 13.7. The summed E-state index contributed by atoms with van der Waals surface area (Å²) >= 11 is 0. The van der Waals surface area contributed by atoms with Crippen LogP contribution in [0, 0.1) is 11.6 Å². The number of para-hydroxylation sites is 2. The first-order chi connectivity index (χ1) is 16.5. The maximum atomic E-state index is 13.7. The molecular weight excluding hydrogens is 434 g/mol. The quantitative estimate of drug-likeness (QED) is 0.316. The highest BCUT2D eigenvalue weighted by Gasteiger charge is 2.24. The lowest BCUT2D eigenvalue weighted by Crippen LogP contribution is -2.09. The maximum Gasteiger partial charge on any atom is 0.124 e. The van der Waals surface area contributed by atoms with E-state index in [0.717, 1.165) is 0 Å². The molecule has 0 fully saturated rings. The van der Waals surface area contributed by atoms with Gasteiger partial charge in [0.15, 0.2) is 0 Å². The van der Waals surface area contributed by atoms with E-state index in [1.165, 1.54) is 36.7 Å². The van der Waals surface area contributed by atoms with E-state index >= 15 is 0 Å². The van der Waals surface area contributed by atoms with Crippen molar-refractivity contribution < 1.29 is 19.0 Å². The Labute approximate surface area is 196 Å². The van der Waals surface area contributed by atoms with Gasteiger partial charge in [0.25, 0.3) is 0 Å². The van der Waals surface area contributed by atoms with E-state index in [1.54, 1.807) is 72.8 Å². The van der Waals surface area contributed by atoms with Crippen LogP contribution in [0.4, 0.5) is 8.78 Å². The van der Waals surface area contributed by atoms with Crippen LogP contribution in [0.25, 0.3) is 0 Å². The summed E-state index contributed by atoms with van der Waals surface area (Å²) in [5.74, 6) is -0.633. The molecule has 6 heteroatoms. The van der Waals surface area contributed by atoms with Crippen LogP contribution in [0.2, 0.25) is 0 Å². The van der Waals surface area contributed by atoms with Crippen molar-refractivity contribution in [3.05, 3.63) is 131 Å². The van der Waals surface area contributed by atoms with Crippen LogP contribution < -0.4 is 0 Å². The largest absolute Gasteiger partial charge is 0.507 e. The minimum absolute atomic E-state index is 0.0696. The van der Waals surface area contributed by atoms with E-state index < -0.39 is 12.1 Å². The number of halogens is 2. The van der Waals surface area contributed by atoms with Gasteiger partial charge < -0.3 is 10.2 Å². The number of hydrogen-bond donors (Lipinski definition) is 2. The smallest absolute Gasteiger partial charge is 0.124 e. The highest BCUT2D eigenvalue weighted by atomic mass is 19.1. The number of hydrogen-bond acceptors (Lipinski definition) is 4. The van der Waals surface area contributed by atoms with Crippen LogP contribution in [0.15, 0.2) is 107 Å². The van der Waals surface area contributed by atoms with E-state index in [2.05, 4.69) is 0 Å². The summed E-state index contributed by atoms with van der Waals surface area (Å²) in [5, 5.41) is 20.3. The number of aliphatic imine (C=N–C) groups is 2. The molecule has 0 radical (unpaired) electrons. The summed E-state index contributed by atoms with van der Waals surface area (Å²) in [6, 6.07) is 24.1. The second kappa shape index (κ2) is 10.5. The molecule has 2 N–H and O–H groups in total. The van der Waals surface area contributed by atoms with Gasteiger partial charge in [-0.15, -0.1) is 0 Å². The SMILES string of the molecule is Oc1ccccc1C=N[C@H](c1ccc(F)cc1)[C@@H](N=Cc1ccccc1O)c1ccc(F)cc1. The summed E-state index contributed by atoms with van der Waals surface area (Å²) in [5.41, 5.74) is 2.38. The standard InChI is InChI=1S/C28H22F2N2O2/c29-23-13-9-19(10-14-23)27(31-17-21-5-1-3-7-25(21)33)28(20-11-15-24(30)16-12-20)32-18-22-6-2-4-8-26(22)34/h1-18,27-28,33-34H/t27-,28+. The molecule has 0 unspecified atom stereocenters. The van der Waals surface area contributed by atoms with Crippen molar-refractivity contribution in [2.75, 3.05) is 0 Å². The third-order valence-electron chi connectivity index (χ3n) is 5.34. The Balaban J connectivity index is 1.82. The first-order valence-corrected chi connectivity index (χ1v) is 10.6. The molecule has 0 bridgehead atoms. The van der Waals surface area contributed by atoms with Gasteiger partial charge in [-0.05, 0) is 59.7 Å². The Morgan fingerprint density at radius 3 is 1.24 bits per heavy atom.